The Bertz CT molecular complexity index is 2890. The Morgan fingerprint density at radius 2 is 0.844 bits per heavy atom. The molecule has 0 amide bonds. The number of alkyl halides is 8. The Morgan fingerprint density at radius 1 is 0.506 bits per heavy atom. The molecule has 2 atom stereocenters. The number of aliphatic hydroxyl groups is 2. The van der Waals surface area contributed by atoms with E-state index in [1.165, 1.54) is 62.8 Å². The van der Waals surface area contributed by atoms with Gasteiger partial charge in [-0.3, -0.25) is 9.59 Å². The summed E-state index contributed by atoms with van der Waals surface area (Å²) in [5.74, 6) is -5.54. The number of esters is 2. The molecule has 0 saturated carbocycles. The van der Waals surface area contributed by atoms with Crippen molar-refractivity contribution < 1.29 is 92.9 Å². The minimum atomic E-state index is -4.77. The SMILES string of the molecule is COc1cc(/C=C/C(=O)C(O)C(Cc2ccc(N)cc2)(Cc2ccc(N)cc2)C(O)C(=O)/C=C/c2ccc(OC(=O)c3ccc(OC(F)(F)C(F)F)cc3)c(OC)c2)ccc1OC(=O)c1ccc(OC(F)(F)C(F)F)cc1. The van der Waals surface area contributed by atoms with Gasteiger partial charge in [-0.1, -0.05) is 48.6 Å². The van der Waals surface area contributed by atoms with Crippen molar-refractivity contribution in [3.8, 4) is 34.5 Å². The lowest BCUT2D eigenvalue weighted by atomic mass is 9.66. The summed E-state index contributed by atoms with van der Waals surface area (Å²) in [6, 6.07) is 28.2. The molecule has 22 heteroatoms. The molecule has 2 unspecified atom stereocenters. The van der Waals surface area contributed by atoms with Gasteiger partial charge in [0.1, 0.15) is 23.7 Å². The summed E-state index contributed by atoms with van der Waals surface area (Å²) in [6.07, 6.45) is -18.0. The number of carbonyl (C=O) groups excluding carboxylic acids is 4. The van der Waals surface area contributed by atoms with Gasteiger partial charge in [0.25, 0.3) is 0 Å². The maximum atomic E-state index is 14.3. The first kappa shape index (κ1) is 57.5. The van der Waals surface area contributed by atoms with Gasteiger partial charge in [-0.2, -0.15) is 35.1 Å². The molecule has 0 aliphatic rings. The molecule has 6 N–H and O–H groups in total. The summed E-state index contributed by atoms with van der Waals surface area (Å²) in [5.41, 5.74) is 11.7. The van der Waals surface area contributed by atoms with E-state index in [4.69, 9.17) is 30.4 Å². The lowest BCUT2D eigenvalue weighted by Gasteiger charge is -2.40. The van der Waals surface area contributed by atoms with Crippen LogP contribution in [0, 0.1) is 5.41 Å². The third kappa shape index (κ3) is 14.8. The Kier molecular flexibility index (Phi) is 18.5. The molecule has 6 aromatic rings. The Hall–Kier alpha value is -8.76. The Morgan fingerprint density at radius 3 is 1.16 bits per heavy atom. The largest absolute Gasteiger partial charge is 0.493 e. The molecular weight excluding hydrogens is 1030 g/mol. The van der Waals surface area contributed by atoms with Crippen LogP contribution >= 0.6 is 0 Å². The van der Waals surface area contributed by atoms with Gasteiger partial charge in [0.05, 0.1) is 25.3 Å². The Balaban J connectivity index is 1.25. The number of halogens is 8. The first-order valence-corrected chi connectivity index (χ1v) is 22.6. The molecule has 0 radical (unpaired) electrons. The van der Waals surface area contributed by atoms with Gasteiger partial charge in [0.2, 0.25) is 0 Å². The molecule has 0 aromatic heterocycles. The normalized spacial score (nSPS) is 12.9. The summed E-state index contributed by atoms with van der Waals surface area (Å²) in [6.45, 7) is 0. The van der Waals surface area contributed by atoms with Crippen LogP contribution in [0.1, 0.15) is 43.0 Å². The van der Waals surface area contributed by atoms with Crippen LogP contribution in [0.3, 0.4) is 0 Å². The van der Waals surface area contributed by atoms with Gasteiger partial charge < -0.3 is 50.1 Å². The van der Waals surface area contributed by atoms with Crippen molar-refractivity contribution in [3.63, 3.8) is 0 Å². The first-order chi connectivity index (χ1) is 36.4. The van der Waals surface area contributed by atoms with Crippen LogP contribution in [0.5, 0.6) is 34.5 Å². The van der Waals surface area contributed by atoms with Crippen LogP contribution in [-0.4, -0.2) is 85.2 Å². The summed E-state index contributed by atoms with van der Waals surface area (Å²) in [4.78, 5) is 54.4. The highest BCUT2D eigenvalue weighted by Gasteiger charge is 2.50. The monoisotopic (exact) mass is 1080 g/mol. The highest BCUT2D eigenvalue weighted by Crippen LogP contribution is 2.39. The van der Waals surface area contributed by atoms with E-state index >= 15 is 0 Å². The van der Waals surface area contributed by atoms with Crippen molar-refractivity contribution in [2.24, 2.45) is 5.41 Å². The second-order valence-corrected chi connectivity index (χ2v) is 16.9. The molecule has 0 heterocycles. The average molecular weight is 1080 g/mol. The van der Waals surface area contributed by atoms with Crippen LogP contribution in [0.4, 0.5) is 46.5 Å². The number of anilines is 2. The van der Waals surface area contributed by atoms with E-state index in [1.54, 1.807) is 48.5 Å². The molecule has 6 aromatic carbocycles. The van der Waals surface area contributed by atoms with Crippen molar-refractivity contribution in [1.82, 2.24) is 0 Å². The van der Waals surface area contributed by atoms with Crippen LogP contribution in [-0.2, 0) is 22.4 Å². The molecule has 0 aliphatic carbocycles. The molecule has 6 rings (SSSR count). The summed E-state index contributed by atoms with van der Waals surface area (Å²) < 4.78 is 133. The van der Waals surface area contributed by atoms with Crippen molar-refractivity contribution in [2.45, 2.75) is 50.1 Å². The van der Waals surface area contributed by atoms with Crippen molar-refractivity contribution >= 4 is 47.0 Å². The number of benzene rings is 6. The average Bonchev–Trinajstić information content (AvgIpc) is 3.42. The number of hydrogen-bond acceptors (Lipinski definition) is 14. The van der Waals surface area contributed by atoms with E-state index < -0.39 is 77.7 Å². The molecule has 0 fully saturated rings. The van der Waals surface area contributed by atoms with Crippen LogP contribution in [0.2, 0.25) is 0 Å². The van der Waals surface area contributed by atoms with E-state index in [0.717, 1.165) is 60.7 Å². The molecule has 404 valence electrons. The maximum Gasteiger partial charge on any atom is 0.461 e. The minimum absolute atomic E-state index is 0.0319. The number of hydrogen-bond donors (Lipinski definition) is 4. The number of ether oxygens (including phenoxy) is 6. The summed E-state index contributed by atoms with van der Waals surface area (Å²) >= 11 is 0. The number of aliphatic hydroxyl groups excluding tert-OH is 2. The van der Waals surface area contributed by atoms with Crippen LogP contribution < -0.4 is 39.9 Å². The number of ketones is 2. The van der Waals surface area contributed by atoms with E-state index in [1.807, 2.05) is 0 Å². The number of carbonyl (C=O) groups is 4. The fourth-order valence-electron chi connectivity index (χ4n) is 7.52. The quantitative estimate of drug-likeness (QED) is 0.0146. The van der Waals surface area contributed by atoms with Gasteiger partial charge in [-0.05, 0) is 144 Å². The predicted molar refractivity (Wildman–Crippen MR) is 264 cm³/mol. The van der Waals surface area contributed by atoms with E-state index in [0.29, 0.717) is 22.5 Å². The zero-order valence-corrected chi connectivity index (χ0v) is 40.4. The number of nitrogen functional groups attached to an aromatic ring is 2. The minimum Gasteiger partial charge on any atom is -0.493 e. The van der Waals surface area contributed by atoms with Gasteiger partial charge in [0, 0.05) is 16.8 Å². The topological polar surface area (TPSA) is 216 Å². The third-order valence-electron chi connectivity index (χ3n) is 11.5. The van der Waals surface area contributed by atoms with E-state index in [2.05, 4.69) is 9.47 Å². The lowest BCUT2D eigenvalue weighted by molar-refractivity contribution is -0.253. The standard InChI is InChI=1S/C55H46F8N2O12/c1-72-45-27-31(9-25-43(45)74-49(70)35-11-19-39(20-12-35)76-54(60,61)51(56)57)7-23-41(66)47(68)53(29-33-3-15-37(64)16-4-33,30-34-5-17-38(65)18-6-34)48(69)42(67)24-8-32-10-26-44(46(28-32)73-2)75-50(71)36-13-21-40(22-14-36)77-55(62,63)52(58)59/h3-28,47-48,51-52,68-69H,29-30,64-65H2,1-2H3/b23-7+,24-8+. The number of nitrogens with two attached hydrogens (primary N) is 2. The van der Waals surface area contributed by atoms with Crippen molar-refractivity contribution in [2.75, 3.05) is 25.7 Å². The molecule has 14 nitrogen and oxygen atoms in total. The van der Waals surface area contributed by atoms with Gasteiger partial charge in [-0.25, -0.2) is 9.59 Å². The van der Waals surface area contributed by atoms with Crippen molar-refractivity contribution in [1.29, 1.82) is 0 Å². The lowest BCUT2D eigenvalue weighted by Crippen LogP contribution is -2.54. The second-order valence-electron chi connectivity index (χ2n) is 16.9. The molecule has 77 heavy (non-hydrogen) atoms. The number of rotatable bonds is 24. The zero-order valence-electron chi connectivity index (χ0n) is 40.4. The predicted octanol–water partition coefficient (Wildman–Crippen LogP) is 9.84. The van der Waals surface area contributed by atoms with Crippen LogP contribution in [0.25, 0.3) is 12.2 Å². The smallest absolute Gasteiger partial charge is 0.461 e. The first-order valence-electron chi connectivity index (χ1n) is 22.6. The summed E-state index contributed by atoms with van der Waals surface area (Å²) in [7, 11) is 2.48. The fraction of sp³-hybridized carbons (Fsp3) is 0.200. The second kappa shape index (κ2) is 24.7. The van der Waals surface area contributed by atoms with Crippen molar-refractivity contribution in [3.05, 3.63) is 179 Å². The van der Waals surface area contributed by atoms with Gasteiger partial charge in [-0.15, -0.1) is 0 Å². The van der Waals surface area contributed by atoms with Crippen LogP contribution in [0.15, 0.2) is 146 Å². The summed E-state index contributed by atoms with van der Waals surface area (Å²) in [5, 5.41) is 24.5. The molecular formula is C55H46F8N2O12. The maximum absolute atomic E-state index is 14.3. The zero-order chi connectivity index (χ0) is 56.2. The van der Waals surface area contributed by atoms with E-state index in [-0.39, 0.29) is 58.1 Å². The highest BCUT2D eigenvalue weighted by atomic mass is 19.3. The van der Waals surface area contributed by atoms with Gasteiger partial charge in [0.15, 0.2) is 34.6 Å². The third-order valence-corrected chi connectivity index (χ3v) is 11.5. The highest BCUT2D eigenvalue weighted by molar-refractivity contribution is 6.01. The van der Waals surface area contributed by atoms with Gasteiger partial charge >= 0.3 is 37.0 Å². The molecule has 0 spiro atoms. The molecule has 0 bridgehead atoms. The van der Waals surface area contributed by atoms with E-state index in [9.17, 15) is 64.5 Å². The molecule has 0 aliphatic heterocycles. The number of methoxy groups -OCH3 is 2. The fourth-order valence-corrected chi connectivity index (χ4v) is 7.52. The molecule has 0 saturated heterocycles. The Labute approximate surface area is 433 Å².